The van der Waals surface area contributed by atoms with Gasteiger partial charge in [-0.1, -0.05) is 12.2 Å². The number of ether oxygens (including phenoxy) is 1. The highest BCUT2D eigenvalue weighted by Crippen LogP contribution is 2.53. The van der Waals surface area contributed by atoms with Gasteiger partial charge in [-0.25, -0.2) is 0 Å². The van der Waals surface area contributed by atoms with Crippen molar-refractivity contribution < 1.29 is 14.0 Å². The molecule has 1 aliphatic heterocycles. The fourth-order valence-corrected chi connectivity index (χ4v) is 3.64. The topological polar surface area (TPSA) is 27.7 Å². The van der Waals surface area contributed by atoms with Crippen LogP contribution in [-0.4, -0.2) is 31.0 Å². The zero-order valence-electron chi connectivity index (χ0n) is 12.7. The molecule has 1 saturated carbocycles. The lowest BCUT2D eigenvalue weighted by atomic mass is 9.52. The monoisotopic (exact) mass is 264 g/mol. The maximum absolute atomic E-state index is 6.25. The largest absolute Gasteiger partial charge is 0.464 e. The molecule has 0 aromatic rings. The Morgan fingerprint density at radius 1 is 1.16 bits per heavy atom. The maximum atomic E-state index is 6.25. The second-order valence-corrected chi connectivity index (χ2v) is 7.28. The van der Waals surface area contributed by atoms with Crippen molar-refractivity contribution in [3.63, 3.8) is 0 Å². The van der Waals surface area contributed by atoms with Crippen LogP contribution in [0.25, 0.3) is 0 Å². The van der Waals surface area contributed by atoms with Gasteiger partial charge in [-0.2, -0.15) is 0 Å². The summed E-state index contributed by atoms with van der Waals surface area (Å²) < 4.78 is 18.4. The van der Waals surface area contributed by atoms with Gasteiger partial charge in [-0.05, 0) is 52.9 Å². The van der Waals surface area contributed by atoms with Gasteiger partial charge in [0, 0.05) is 12.9 Å². The highest BCUT2D eigenvalue weighted by atomic mass is 16.7. The predicted octanol–water partition coefficient (Wildman–Crippen LogP) is 3.20. The first-order valence-electron chi connectivity index (χ1n) is 7.40. The lowest BCUT2D eigenvalue weighted by Gasteiger charge is -2.47. The van der Waals surface area contributed by atoms with Crippen molar-refractivity contribution in [3.8, 4) is 0 Å². The van der Waals surface area contributed by atoms with E-state index in [1.165, 1.54) is 6.42 Å². The summed E-state index contributed by atoms with van der Waals surface area (Å²) in [6.45, 7) is 8.46. The van der Waals surface area contributed by atoms with Crippen LogP contribution in [0.5, 0.6) is 0 Å². The summed E-state index contributed by atoms with van der Waals surface area (Å²) in [7, 11) is 1.66. The van der Waals surface area contributed by atoms with E-state index in [1.807, 2.05) is 7.11 Å². The molecule has 4 aliphatic rings. The van der Waals surface area contributed by atoms with Crippen molar-refractivity contribution in [1.82, 2.24) is 0 Å². The minimum Gasteiger partial charge on any atom is -0.403 e. The third-order valence-corrected chi connectivity index (χ3v) is 5.72. The lowest BCUT2D eigenvalue weighted by molar-refractivity contribution is -0.0232. The first kappa shape index (κ1) is 13.7. The van der Waals surface area contributed by atoms with Crippen LogP contribution in [0, 0.1) is 5.92 Å². The van der Waals surface area contributed by atoms with Gasteiger partial charge in [0.25, 0.3) is 0 Å². The molecule has 19 heavy (non-hydrogen) atoms. The SMILES string of the molecule is CO[C@]12C=C[C@H](CC1)C[C@@H]2B1OC(C)(C)C(C)(C)O1. The van der Waals surface area contributed by atoms with E-state index in [9.17, 15) is 0 Å². The van der Waals surface area contributed by atoms with E-state index >= 15 is 0 Å². The Hall–Kier alpha value is -0.315. The van der Waals surface area contributed by atoms with Crippen LogP contribution < -0.4 is 0 Å². The summed E-state index contributed by atoms with van der Waals surface area (Å²) in [4.78, 5) is 0. The van der Waals surface area contributed by atoms with Crippen molar-refractivity contribution >= 4 is 7.12 Å². The Labute approximate surface area is 116 Å². The van der Waals surface area contributed by atoms with E-state index in [1.54, 1.807) is 0 Å². The number of rotatable bonds is 2. The zero-order chi connectivity index (χ0) is 13.9. The molecular formula is C15H25BO3. The third-order valence-electron chi connectivity index (χ3n) is 5.72. The molecular weight excluding hydrogens is 239 g/mol. The molecule has 0 radical (unpaired) electrons. The molecule has 0 unspecified atom stereocenters. The molecule has 3 atom stereocenters. The van der Waals surface area contributed by atoms with E-state index in [2.05, 4.69) is 39.8 Å². The van der Waals surface area contributed by atoms with E-state index in [-0.39, 0.29) is 23.9 Å². The average molecular weight is 264 g/mol. The Kier molecular flexibility index (Phi) is 2.94. The Morgan fingerprint density at radius 2 is 1.79 bits per heavy atom. The van der Waals surface area contributed by atoms with Crippen LogP contribution in [0.1, 0.15) is 47.0 Å². The molecule has 1 heterocycles. The Balaban J connectivity index is 1.86. The van der Waals surface area contributed by atoms with Gasteiger partial charge in [0.15, 0.2) is 0 Å². The molecule has 0 N–H and O–H groups in total. The van der Waals surface area contributed by atoms with Crippen molar-refractivity contribution in [2.45, 2.75) is 69.6 Å². The van der Waals surface area contributed by atoms with Gasteiger partial charge in [0.05, 0.1) is 16.8 Å². The fourth-order valence-electron chi connectivity index (χ4n) is 3.64. The van der Waals surface area contributed by atoms with E-state index in [0.29, 0.717) is 11.7 Å². The number of hydrogen-bond acceptors (Lipinski definition) is 3. The van der Waals surface area contributed by atoms with E-state index in [4.69, 9.17) is 14.0 Å². The standard InChI is InChI=1S/C15H25BO3/c1-13(2)14(3,4)19-16(18-13)12-10-11-6-8-15(12,17-5)9-7-11/h6,8,11-12H,7,9-10H2,1-5H3/t11-,12+,15-/m1/s1. The number of allylic oxidation sites excluding steroid dienone is 1. The highest BCUT2D eigenvalue weighted by molar-refractivity contribution is 6.48. The minimum atomic E-state index is -0.257. The summed E-state index contributed by atoms with van der Waals surface area (Å²) in [5, 5.41) is 0. The Morgan fingerprint density at radius 3 is 2.26 bits per heavy atom. The molecule has 0 spiro atoms. The van der Waals surface area contributed by atoms with E-state index < -0.39 is 0 Å². The molecule has 106 valence electrons. The normalized spacial score (nSPS) is 42.9. The van der Waals surface area contributed by atoms with Crippen LogP contribution in [0.4, 0.5) is 0 Å². The first-order valence-corrected chi connectivity index (χ1v) is 7.40. The molecule has 0 amide bonds. The molecule has 3 nitrogen and oxygen atoms in total. The number of methoxy groups -OCH3 is 1. The van der Waals surface area contributed by atoms with Gasteiger partial charge >= 0.3 is 7.12 Å². The quantitative estimate of drug-likeness (QED) is 0.566. The Bertz CT molecular complexity index is 388. The van der Waals surface area contributed by atoms with Crippen LogP contribution in [-0.2, 0) is 14.0 Å². The molecule has 4 rings (SSSR count). The number of hydrogen-bond donors (Lipinski definition) is 0. The summed E-state index contributed by atoms with van der Waals surface area (Å²) in [5.41, 5.74) is -0.698. The smallest absolute Gasteiger partial charge is 0.403 e. The van der Waals surface area contributed by atoms with E-state index in [0.717, 1.165) is 12.8 Å². The van der Waals surface area contributed by atoms with Crippen molar-refractivity contribution in [2.75, 3.05) is 7.11 Å². The van der Waals surface area contributed by atoms with Gasteiger partial charge in [-0.15, -0.1) is 0 Å². The third kappa shape index (κ3) is 1.91. The molecule has 4 heteroatoms. The molecule has 2 bridgehead atoms. The van der Waals surface area contributed by atoms with Crippen LogP contribution >= 0.6 is 0 Å². The molecule has 0 aromatic heterocycles. The molecule has 1 saturated heterocycles. The van der Waals surface area contributed by atoms with Gasteiger partial charge in [0.1, 0.15) is 0 Å². The minimum absolute atomic E-state index is 0.155. The van der Waals surface area contributed by atoms with Crippen LogP contribution in [0.2, 0.25) is 5.82 Å². The molecule has 0 aromatic carbocycles. The van der Waals surface area contributed by atoms with Crippen molar-refractivity contribution in [3.05, 3.63) is 12.2 Å². The molecule has 3 aliphatic carbocycles. The average Bonchev–Trinajstić information content (AvgIpc) is 2.59. The number of fused-ring (bicyclic) bond motifs is 2. The predicted molar refractivity (Wildman–Crippen MR) is 76.1 cm³/mol. The summed E-state index contributed by atoms with van der Waals surface area (Å²) in [6, 6.07) is 0. The van der Waals surface area contributed by atoms with Crippen molar-refractivity contribution in [1.29, 1.82) is 0 Å². The summed E-state index contributed by atoms with van der Waals surface area (Å²) in [5.74, 6) is 0.975. The summed E-state index contributed by atoms with van der Waals surface area (Å²) >= 11 is 0. The zero-order valence-corrected chi connectivity index (χ0v) is 12.7. The van der Waals surface area contributed by atoms with Gasteiger partial charge in [0.2, 0.25) is 0 Å². The molecule has 2 fully saturated rings. The second kappa shape index (κ2) is 4.09. The van der Waals surface area contributed by atoms with Crippen LogP contribution in [0.15, 0.2) is 12.2 Å². The highest BCUT2D eigenvalue weighted by Gasteiger charge is 2.60. The second-order valence-electron chi connectivity index (χ2n) is 7.28. The van der Waals surface area contributed by atoms with Crippen LogP contribution in [0.3, 0.4) is 0 Å². The fraction of sp³-hybridized carbons (Fsp3) is 0.867. The first-order chi connectivity index (χ1) is 8.80. The maximum Gasteiger partial charge on any atom is 0.464 e. The lowest BCUT2D eigenvalue weighted by Crippen LogP contribution is -2.49. The van der Waals surface area contributed by atoms with Gasteiger partial charge < -0.3 is 14.0 Å². The van der Waals surface area contributed by atoms with Crippen molar-refractivity contribution in [2.24, 2.45) is 5.92 Å². The van der Waals surface area contributed by atoms with Gasteiger partial charge in [-0.3, -0.25) is 0 Å². The summed E-state index contributed by atoms with van der Waals surface area (Å²) in [6.07, 6.45) is 7.98.